The third-order valence-electron chi connectivity index (χ3n) is 3.85. The Morgan fingerprint density at radius 3 is 2.61 bits per heavy atom. The molecule has 0 N–H and O–H groups in total. The predicted octanol–water partition coefficient (Wildman–Crippen LogP) is 1.90. The monoisotopic (exact) mass is 313 g/mol. The van der Waals surface area contributed by atoms with Gasteiger partial charge < -0.3 is 0 Å². The molecule has 1 aromatic carbocycles. The second-order valence-corrected chi connectivity index (χ2v) is 5.64. The average Bonchev–Trinajstić information content (AvgIpc) is 2.48. The van der Waals surface area contributed by atoms with Crippen LogP contribution in [0.25, 0.3) is 11.0 Å². The number of hydrogen-bond acceptors (Lipinski definition) is 3. The standard InChI is InChI=1S/C17H16FN3O2/c1-10-7-11(2)19-15-14(10)16(22)21(17(23)20(15)3)9-12-5-4-6-13(18)8-12/h4-8H,9H2,1-3H3. The molecule has 23 heavy (non-hydrogen) atoms. The number of rotatable bonds is 2. The Balaban J connectivity index is 2.30. The minimum Gasteiger partial charge on any atom is -0.280 e. The fraction of sp³-hybridized carbons (Fsp3) is 0.235. The van der Waals surface area contributed by atoms with E-state index < -0.39 is 17.1 Å². The molecule has 3 rings (SSSR count). The lowest BCUT2D eigenvalue weighted by molar-refractivity contribution is 0.617. The van der Waals surface area contributed by atoms with Gasteiger partial charge in [0, 0.05) is 12.7 Å². The molecule has 0 aliphatic carbocycles. The number of fused-ring (bicyclic) bond motifs is 1. The molecular weight excluding hydrogens is 297 g/mol. The number of pyridine rings is 1. The lowest BCUT2D eigenvalue weighted by Gasteiger charge is -2.12. The van der Waals surface area contributed by atoms with E-state index in [1.54, 1.807) is 25.2 Å². The molecule has 0 atom stereocenters. The molecule has 5 nitrogen and oxygen atoms in total. The maximum absolute atomic E-state index is 13.3. The molecule has 0 spiro atoms. The van der Waals surface area contributed by atoms with E-state index >= 15 is 0 Å². The predicted molar refractivity (Wildman–Crippen MR) is 86.2 cm³/mol. The molecular formula is C17H16FN3O2. The van der Waals surface area contributed by atoms with Gasteiger partial charge in [0.25, 0.3) is 5.56 Å². The Hall–Kier alpha value is -2.76. The highest BCUT2D eigenvalue weighted by atomic mass is 19.1. The minimum atomic E-state index is -0.468. The van der Waals surface area contributed by atoms with Gasteiger partial charge in [-0.25, -0.2) is 14.2 Å². The van der Waals surface area contributed by atoms with Gasteiger partial charge in [0.2, 0.25) is 0 Å². The van der Waals surface area contributed by atoms with E-state index in [2.05, 4.69) is 4.98 Å². The van der Waals surface area contributed by atoms with Crippen LogP contribution in [0.4, 0.5) is 4.39 Å². The summed E-state index contributed by atoms with van der Waals surface area (Å²) in [5.41, 5.74) is 1.56. The molecule has 0 fully saturated rings. The Kier molecular flexibility index (Phi) is 3.60. The highest BCUT2D eigenvalue weighted by Gasteiger charge is 2.15. The Bertz CT molecular complexity index is 1030. The summed E-state index contributed by atoms with van der Waals surface area (Å²) in [6, 6.07) is 7.68. The van der Waals surface area contributed by atoms with Crippen molar-refractivity contribution in [1.29, 1.82) is 0 Å². The first-order valence-electron chi connectivity index (χ1n) is 7.20. The normalized spacial score (nSPS) is 11.1. The van der Waals surface area contributed by atoms with E-state index in [-0.39, 0.29) is 6.54 Å². The van der Waals surface area contributed by atoms with Crippen molar-refractivity contribution in [1.82, 2.24) is 14.1 Å². The summed E-state index contributed by atoms with van der Waals surface area (Å²) in [7, 11) is 1.58. The zero-order chi connectivity index (χ0) is 16.7. The fourth-order valence-corrected chi connectivity index (χ4v) is 2.77. The number of halogens is 1. The molecule has 0 aliphatic rings. The highest BCUT2D eigenvalue weighted by molar-refractivity contribution is 5.78. The minimum absolute atomic E-state index is 0.0204. The third-order valence-corrected chi connectivity index (χ3v) is 3.85. The van der Waals surface area contributed by atoms with Crippen molar-refractivity contribution < 1.29 is 4.39 Å². The van der Waals surface area contributed by atoms with Crippen molar-refractivity contribution in [2.45, 2.75) is 20.4 Å². The molecule has 0 amide bonds. The first-order chi connectivity index (χ1) is 10.9. The van der Waals surface area contributed by atoms with Crippen LogP contribution < -0.4 is 11.2 Å². The van der Waals surface area contributed by atoms with Crippen molar-refractivity contribution >= 4 is 11.0 Å². The first-order valence-corrected chi connectivity index (χ1v) is 7.20. The van der Waals surface area contributed by atoms with Crippen molar-refractivity contribution in [2.24, 2.45) is 7.05 Å². The van der Waals surface area contributed by atoms with Gasteiger partial charge in [-0.2, -0.15) is 0 Å². The van der Waals surface area contributed by atoms with Crippen LogP contribution in [0.1, 0.15) is 16.8 Å². The maximum Gasteiger partial charge on any atom is 0.332 e. The molecule has 3 aromatic rings. The molecule has 0 unspecified atom stereocenters. The molecule has 2 heterocycles. The van der Waals surface area contributed by atoms with Crippen LogP contribution in [0.5, 0.6) is 0 Å². The van der Waals surface area contributed by atoms with Crippen LogP contribution in [-0.4, -0.2) is 14.1 Å². The zero-order valence-electron chi connectivity index (χ0n) is 13.1. The van der Waals surface area contributed by atoms with Crippen molar-refractivity contribution in [3.8, 4) is 0 Å². The van der Waals surface area contributed by atoms with Crippen LogP contribution in [0.3, 0.4) is 0 Å². The zero-order valence-corrected chi connectivity index (χ0v) is 13.1. The summed E-state index contributed by atoms with van der Waals surface area (Å²) < 4.78 is 15.8. The van der Waals surface area contributed by atoms with Gasteiger partial charge in [-0.3, -0.25) is 13.9 Å². The number of aryl methyl sites for hydroxylation is 3. The Labute approximate surface area is 131 Å². The molecule has 0 radical (unpaired) electrons. The van der Waals surface area contributed by atoms with Crippen molar-refractivity contribution in [2.75, 3.05) is 0 Å². The topological polar surface area (TPSA) is 56.9 Å². The van der Waals surface area contributed by atoms with Gasteiger partial charge in [-0.1, -0.05) is 12.1 Å². The smallest absolute Gasteiger partial charge is 0.280 e. The fourth-order valence-electron chi connectivity index (χ4n) is 2.77. The van der Waals surface area contributed by atoms with Crippen LogP contribution >= 0.6 is 0 Å². The third kappa shape index (κ3) is 2.56. The van der Waals surface area contributed by atoms with Crippen LogP contribution in [0.15, 0.2) is 39.9 Å². The van der Waals surface area contributed by atoms with Crippen molar-refractivity contribution in [3.63, 3.8) is 0 Å². The van der Waals surface area contributed by atoms with E-state index in [9.17, 15) is 14.0 Å². The molecule has 0 aliphatic heterocycles. The summed E-state index contributed by atoms with van der Waals surface area (Å²) in [6.07, 6.45) is 0. The molecule has 2 aromatic heterocycles. The second-order valence-electron chi connectivity index (χ2n) is 5.64. The Morgan fingerprint density at radius 2 is 1.91 bits per heavy atom. The van der Waals surface area contributed by atoms with Gasteiger partial charge in [0.05, 0.1) is 11.9 Å². The highest BCUT2D eigenvalue weighted by Crippen LogP contribution is 2.12. The van der Waals surface area contributed by atoms with Crippen molar-refractivity contribution in [3.05, 3.63) is 73.8 Å². The van der Waals surface area contributed by atoms with Gasteiger partial charge in [-0.15, -0.1) is 0 Å². The van der Waals surface area contributed by atoms with E-state index in [1.807, 2.05) is 13.8 Å². The first kappa shape index (κ1) is 15.1. The van der Waals surface area contributed by atoms with E-state index in [1.165, 1.54) is 16.7 Å². The molecule has 0 saturated carbocycles. The number of nitrogens with zero attached hydrogens (tertiary/aromatic N) is 3. The molecule has 6 heteroatoms. The van der Waals surface area contributed by atoms with Crippen LogP contribution in [0.2, 0.25) is 0 Å². The summed E-state index contributed by atoms with van der Waals surface area (Å²) in [5, 5.41) is 0.411. The van der Waals surface area contributed by atoms with Crippen LogP contribution in [0, 0.1) is 19.7 Å². The summed E-state index contributed by atoms with van der Waals surface area (Å²) in [4.78, 5) is 29.6. The number of hydrogen-bond donors (Lipinski definition) is 0. The lowest BCUT2D eigenvalue weighted by Crippen LogP contribution is -2.40. The maximum atomic E-state index is 13.3. The van der Waals surface area contributed by atoms with E-state index in [0.717, 1.165) is 15.8 Å². The van der Waals surface area contributed by atoms with Gasteiger partial charge in [0.1, 0.15) is 11.5 Å². The van der Waals surface area contributed by atoms with Gasteiger partial charge in [-0.05, 0) is 43.2 Å². The summed E-state index contributed by atoms with van der Waals surface area (Å²) >= 11 is 0. The van der Waals surface area contributed by atoms with E-state index in [4.69, 9.17) is 0 Å². The second kappa shape index (κ2) is 5.46. The number of aromatic nitrogens is 3. The molecule has 118 valence electrons. The lowest BCUT2D eigenvalue weighted by atomic mass is 10.1. The Morgan fingerprint density at radius 1 is 1.17 bits per heavy atom. The molecule has 0 bridgehead atoms. The van der Waals surface area contributed by atoms with Crippen LogP contribution in [-0.2, 0) is 13.6 Å². The quantitative estimate of drug-likeness (QED) is 0.726. The average molecular weight is 313 g/mol. The largest absolute Gasteiger partial charge is 0.332 e. The van der Waals surface area contributed by atoms with Gasteiger partial charge >= 0.3 is 5.69 Å². The van der Waals surface area contributed by atoms with Gasteiger partial charge in [0.15, 0.2) is 0 Å². The summed E-state index contributed by atoms with van der Waals surface area (Å²) in [6.45, 7) is 3.65. The molecule has 0 saturated heterocycles. The number of benzene rings is 1. The SMILES string of the molecule is Cc1cc(C)c2c(=O)n(Cc3cccc(F)c3)c(=O)n(C)c2n1. The summed E-state index contributed by atoms with van der Waals surface area (Å²) in [5.74, 6) is -0.401. The van der Waals surface area contributed by atoms with E-state index in [0.29, 0.717) is 16.6 Å².